The van der Waals surface area contributed by atoms with Gasteiger partial charge < -0.3 is 4.57 Å². The van der Waals surface area contributed by atoms with Crippen LogP contribution in [0.2, 0.25) is 0 Å². The molecule has 15 heavy (non-hydrogen) atoms. The average molecular weight is 266 g/mol. The van der Waals surface area contributed by atoms with E-state index in [1.54, 1.807) is 0 Å². The molecule has 0 aliphatic rings. The van der Waals surface area contributed by atoms with Crippen LogP contribution in [0.3, 0.4) is 0 Å². The number of rotatable bonds is 3. The third-order valence-electron chi connectivity index (χ3n) is 2.24. The van der Waals surface area contributed by atoms with Gasteiger partial charge >= 0.3 is 0 Å². The topological polar surface area (TPSA) is 30.7 Å². The van der Waals surface area contributed by atoms with E-state index in [0.717, 1.165) is 29.0 Å². The summed E-state index contributed by atoms with van der Waals surface area (Å²) in [5.74, 6) is 1.10. The van der Waals surface area contributed by atoms with Gasteiger partial charge in [-0.2, -0.15) is 0 Å². The summed E-state index contributed by atoms with van der Waals surface area (Å²) in [4.78, 5) is 8.61. The van der Waals surface area contributed by atoms with Crippen molar-refractivity contribution in [2.24, 2.45) is 0 Å². The SMILES string of the molecule is CCc1nccn1Cc1ccc(Br)cn1. The van der Waals surface area contributed by atoms with Crippen LogP contribution in [-0.2, 0) is 13.0 Å². The van der Waals surface area contributed by atoms with E-state index in [1.165, 1.54) is 0 Å². The minimum absolute atomic E-state index is 0.788. The molecule has 0 fully saturated rings. The van der Waals surface area contributed by atoms with Crippen molar-refractivity contribution in [1.29, 1.82) is 0 Å². The molecule has 4 heteroatoms. The average Bonchev–Trinajstić information content (AvgIpc) is 2.69. The number of pyridine rings is 1. The van der Waals surface area contributed by atoms with E-state index in [0.29, 0.717) is 0 Å². The van der Waals surface area contributed by atoms with Crippen molar-refractivity contribution in [3.63, 3.8) is 0 Å². The Morgan fingerprint density at radius 2 is 2.20 bits per heavy atom. The summed E-state index contributed by atoms with van der Waals surface area (Å²) in [7, 11) is 0. The van der Waals surface area contributed by atoms with Crippen molar-refractivity contribution < 1.29 is 0 Å². The van der Waals surface area contributed by atoms with Gasteiger partial charge in [0.05, 0.1) is 12.2 Å². The zero-order valence-electron chi connectivity index (χ0n) is 8.52. The number of halogens is 1. The van der Waals surface area contributed by atoms with Gasteiger partial charge in [0.1, 0.15) is 5.82 Å². The van der Waals surface area contributed by atoms with Crippen LogP contribution in [0.4, 0.5) is 0 Å². The molecular formula is C11H12BrN3. The summed E-state index contributed by atoms with van der Waals surface area (Å²) in [6, 6.07) is 4.02. The lowest BCUT2D eigenvalue weighted by Gasteiger charge is -2.05. The smallest absolute Gasteiger partial charge is 0.108 e. The van der Waals surface area contributed by atoms with Gasteiger partial charge in [-0.05, 0) is 28.1 Å². The molecule has 0 aromatic carbocycles. The predicted molar refractivity (Wildman–Crippen MR) is 62.6 cm³/mol. The molecule has 0 N–H and O–H groups in total. The molecule has 2 rings (SSSR count). The van der Waals surface area contributed by atoms with E-state index in [-0.39, 0.29) is 0 Å². The van der Waals surface area contributed by atoms with Crippen LogP contribution < -0.4 is 0 Å². The Balaban J connectivity index is 2.18. The first-order chi connectivity index (χ1) is 7.29. The fourth-order valence-corrected chi connectivity index (χ4v) is 1.71. The maximum Gasteiger partial charge on any atom is 0.108 e. The van der Waals surface area contributed by atoms with Gasteiger partial charge in [-0.25, -0.2) is 4.98 Å². The number of imidazole rings is 1. The Morgan fingerprint density at radius 3 is 2.87 bits per heavy atom. The van der Waals surface area contributed by atoms with Gasteiger partial charge in [0, 0.05) is 29.5 Å². The highest BCUT2D eigenvalue weighted by Crippen LogP contribution is 2.09. The Morgan fingerprint density at radius 1 is 1.33 bits per heavy atom. The molecule has 0 bridgehead atoms. The van der Waals surface area contributed by atoms with Gasteiger partial charge in [-0.1, -0.05) is 6.92 Å². The van der Waals surface area contributed by atoms with Gasteiger partial charge in [0.25, 0.3) is 0 Å². The minimum Gasteiger partial charge on any atom is -0.329 e. The number of aromatic nitrogens is 3. The van der Waals surface area contributed by atoms with Gasteiger partial charge in [-0.3, -0.25) is 4.98 Å². The molecular weight excluding hydrogens is 254 g/mol. The second kappa shape index (κ2) is 4.57. The van der Waals surface area contributed by atoms with Crippen molar-refractivity contribution in [3.8, 4) is 0 Å². The molecule has 2 heterocycles. The van der Waals surface area contributed by atoms with Crippen LogP contribution in [-0.4, -0.2) is 14.5 Å². The van der Waals surface area contributed by atoms with Crippen molar-refractivity contribution in [2.45, 2.75) is 19.9 Å². The number of aryl methyl sites for hydroxylation is 1. The number of hydrogen-bond acceptors (Lipinski definition) is 2. The normalized spacial score (nSPS) is 10.5. The predicted octanol–water partition coefficient (Wildman–Crippen LogP) is 2.65. The van der Waals surface area contributed by atoms with E-state index in [4.69, 9.17) is 0 Å². The number of hydrogen-bond donors (Lipinski definition) is 0. The van der Waals surface area contributed by atoms with E-state index in [2.05, 4.69) is 37.4 Å². The minimum atomic E-state index is 0.788. The summed E-state index contributed by atoms with van der Waals surface area (Å²) in [5.41, 5.74) is 1.05. The van der Waals surface area contributed by atoms with Gasteiger partial charge in [0.15, 0.2) is 0 Å². The largest absolute Gasteiger partial charge is 0.329 e. The van der Waals surface area contributed by atoms with Crippen molar-refractivity contribution in [1.82, 2.24) is 14.5 Å². The van der Waals surface area contributed by atoms with Crippen LogP contribution in [0.1, 0.15) is 18.4 Å². The third kappa shape index (κ3) is 2.45. The lowest BCUT2D eigenvalue weighted by atomic mass is 10.3. The molecule has 2 aromatic heterocycles. The monoisotopic (exact) mass is 265 g/mol. The molecule has 2 aromatic rings. The van der Waals surface area contributed by atoms with Crippen LogP contribution in [0.5, 0.6) is 0 Å². The lowest BCUT2D eigenvalue weighted by molar-refractivity contribution is 0.716. The zero-order chi connectivity index (χ0) is 10.7. The van der Waals surface area contributed by atoms with E-state index in [9.17, 15) is 0 Å². The third-order valence-corrected chi connectivity index (χ3v) is 2.71. The van der Waals surface area contributed by atoms with E-state index >= 15 is 0 Å². The highest BCUT2D eigenvalue weighted by atomic mass is 79.9. The molecule has 0 saturated carbocycles. The van der Waals surface area contributed by atoms with Crippen molar-refractivity contribution in [3.05, 3.63) is 46.7 Å². The Kier molecular flexibility index (Phi) is 3.16. The van der Waals surface area contributed by atoms with Crippen LogP contribution in [0.15, 0.2) is 35.2 Å². The summed E-state index contributed by atoms with van der Waals surface area (Å²) in [6.07, 6.45) is 6.58. The first-order valence-electron chi connectivity index (χ1n) is 4.90. The summed E-state index contributed by atoms with van der Waals surface area (Å²) in [5, 5.41) is 0. The van der Waals surface area contributed by atoms with E-state index < -0.39 is 0 Å². The second-order valence-electron chi connectivity index (χ2n) is 3.29. The first-order valence-corrected chi connectivity index (χ1v) is 5.69. The maximum atomic E-state index is 4.33. The van der Waals surface area contributed by atoms with Crippen molar-refractivity contribution in [2.75, 3.05) is 0 Å². The van der Waals surface area contributed by atoms with E-state index in [1.807, 2.05) is 30.7 Å². The quantitative estimate of drug-likeness (QED) is 0.855. The molecule has 0 radical (unpaired) electrons. The Bertz CT molecular complexity index is 433. The first kappa shape index (κ1) is 10.4. The fraction of sp³-hybridized carbons (Fsp3) is 0.273. The molecule has 78 valence electrons. The second-order valence-corrected chi connectivity index (χ2v) is 4.21. The lowest BCUT2D eigenvalue weighted by Crippen LogP contribution is -2.04. The van der Waals surface area contributed by atoms with Crippen LogP contribution in [0.25, 0.3) is 0 Å². The Labute approximate surface area is 97.3 Å². The van der Waals surface area contributed by atoms with Gasteiger partial charge in [0.2, 0.25) is 0 Å². The highest BCUT2D eigenvalue weighted by molar-refractivity contribution is 9.10. The molecule has 0 spiro atoms. The standard InChI is InChI=1S/C11H12BrN3/c1-2-11-13-5-6-15(11)8-10-4-3-9(12)7-14-10/h3-7H,2,8H2,1H3. The molecule has 3 nitrogen and oxygen atoms in total. The fourth-order valence-electron chi connectivity index (χ4n) is 1.47. The molecule has 0 unspecified atom stereocenters. The maximum absolute atomic E-state index is 4.33. The van der Waals surface area contributed by atoms with Crippen LogP contribution >= 0.6 is 15.9 Å². The summed E-state index contributed by atoms with van der Waals surface area (Å²) >= 11 is 3.37. The molecule has 0 saturated heterocycles. The van der Waals surface area contributed by atoms with Gasteiger partial charge in [-0.15, -0.1) is 0 Å². The molecule has 0 atom stereocenters. The molecule has 0 aliphatic heterocycles. The zero-order valence-corrected chi connectivity index (χ0v) is 10.1. The van der Waals surface area contributed by atoms with Crippen LogP contribution in [0, 0.1) is 0 Å². The highest BCUT2D eigenvalue weighted by Gasteiger charge is 2.01. The number of nitrogens with zero attached hydrogens (tertiary/aromatic N) is 3. The molecule has 0 aliphatic carbocycles. The Hall–Kier alpha value is -1.16. The summed E-state index contributed by atoms with van der Waals surface area (Å²) < 4.78 is 3.13. The summed E-state index contributed by atoms with van der Waals surface area (Å²) in [6.45, 7) is 2.89. The van der Waals surface area contributed by atoms with Crippen molar-refractivity contribution >= 4 is 15.9 Å². The molecule has 0 amide bonds.